The van der Waals surface area contributed by atoms with Crippen molar-refractivity contribution >= 4 is 12.2 Å². The maximum Gasteiger partial charge on any atom is 0.417 e. The monoisotopic (exact) mass is 514 g/mol. The lowest BCUT2D eigenvalue weighted by molar-refractivity contribution is -0.137. The molecule has 1 amide bonds. The van der Waals surface area contributed by atoms with E-state index in [2.05, 4.69) is 28.8 Å². The van der Waals surface area contributed by atoms with E-state index in [0.29, 0.717) is 42.0 Å². The number of alkyl halides is 3. The van der Waals surface area contributed by atoms with Gasteiger partial charge in [0.25, 0.3) is 5.91 Å². The molecule has 0 saturated carbocycles. The molecule has 10 heteroatoms. The maximum absolute atomic E-state index is 12.7. The van der Waals surface area contributed by atoms with Crippen LogP contribution in [-0.4, -0.2) is 27.1 Å². The summed E-state index contributed by atoms with van der Waals surface area (Å²) >= 11 is 0. The zero-order valence-corrected chi connectivity index (χ0v) is 20.7. The summed E-state index contributed by atoms with van der Waals surface area (Å²) in [6, 6.07) is 10.1. The van der Waals surface area contributed by atoms with Crippen LogP contribution in [0, 0.1) is 11.8 Å². The number of nitrogens with zero attached hydrogens (tertiary/aromatic N) is 3. The lowest BCUT2D eigenvalue weighted by atomic mass is 9.92. The number of aromatic nitrogens is 3. The lowest BCUT2D eigenvalue weighted by Gasteiger charge is -2.14. The van der Waals surface area contributed by atoms with E-state index in [1.165, 1.54) is 6.07 Å². The van der Waals surface area contributed by atoms with Crippen LogP contribution >= 0.6 is 0 Å². The molecule has 7 nitrogen and oxygen atoms in total. The summed E-state index contributed by atoms with van der Waals surface area (Å²) in [5, 5.41) is 0. The largest absolute Gasteiger partial charge is 0.439 e. The van der Waals surface area contributed by atoms with Crippen molar-refractivity contribution in [1.29, 1.82) is 0 Å². The fourth-order valence-electron chi connectivity index (χ4n) is 3.60. The van der Waals surface area contributed by atoms with E-state index in [1.807, 2.05) is 0 Å². The van der Waals surface area contributed by atoms with Crippen LogP contribution < -0.4 is 10.5 Å². The maximum atomic E-state index is 12.7. The summed E-state index contributed by atoms with van der Waals surface area (Å²) in [4.78, 5) is 35.9. The molecule has 2 N–H and O–H groups in total. The first kappa shape index (κ1) is 27.8. The number of benzene rings is 1. The molecule has 196 valence electrons. The first-order valence-electron chi connectivity index (χ1n) is 12.0. The van der Waals surface area contributed by atoms with Gasteiger partial charge in [0.2, 0.25) is 5.88 Å². The third kappa shape index (κ3) is 8.09. The topological polar surface area (TPSA) is 108 Å². The van der Waals surface area contributed by atoms with Gasteiger partial charge in [-0.1, -0.05) is 26.7 Å². The Morgan fingerprint density at radius 1 is 1.08 bits per heavy atom. The van der Waals surface area contributed by atoms with Crippen molar-refractivity contribution in [1.82, 2.24) is 15.0 Å². The zero-order chi connectivity index (χ0) is 27.0. The summed E-state index contributed by atoms with van der Waals surface area (Å²) in [6.07, 6.45) is 1.12. The van der Waals surface area contributed by atoms with E-state index in [4.69, 9.17) is 10.5 Å². The molecule has 0 spiro atoms. The first-order valence-corrected chi connectivity index (χ1v) is 12.0. The third-order valence-electron chi connectivity index (χ3n) is 6.12. The Morgan fingerprint density at radius 2 is 1.81 bits per heavy atom. The number of aryl methyl sites for hydroxylation is 1. The average molecular weight is 515 g/mol. The Kier molecular flexibility index (Phi) is 9.32. The standard InChI is InChI=1S/C27H29F3N4O3/c1-3-17(2)4-5-18(16-35)6-10-21-14-23(25(31)36)34-26(33-21)19-7-11-22(12-8-19)37-24-13-9-20(15-32-24)27(28,29)30/h7-9,11-18H,3-6,10H2,1-2H3,(H2,31,36). The van der Waals surface area contributed by atoms with Gasteiger partial charge < -0.3 is 15.3 Å². The molecule has 3 rings (SSSR count). The number of nitrogens with two attached hydrogens (primary N) is 1. The van der Waals surface area contributed by atoms with Crippen molar-refractivity contribution in [3.63, 3.8) is 0 Å². The van der Waals surface area contributed by atoms with Gasteiger partial charge >= 0.3 is 6.18 Å². The number of amides is 1. The summed E-state index contributed by atoms with van der Waals surface area (Å²) in [5.74, 6) is 0.399. The molecule has 37 heavy (non-hydrogen) atoms. The van der Waals surface area contributed by atoms with Crippen LogP contribution in [-0.2, 0) is 17.4 Å². The molecule has 0 aliphatic heterocycles. The highest BCUT2D eigenvalue weighted by Gasteiger charge is 2.30. The second-order valence-corrected chi connectivity index (χ2v) is 8.97. The molecule has 1 aromatic carbocycles. The SMILES string of the molecule is CCC(C)CCC(C=O)CCc1cc(C(N)=O)nc(-c2ccc(Oc3ccc(C(F)(F)F)cn3)cc2)n1. The van der Waals surface area contributed by atoms with E-state index in [0.717, 1.165) is 37.7 Å². The molecule has 2 unspecified atom stereocenters. The van der Waals surface area contributed by atoms with Crippen LogP contribution in [0.4, 0.5) is 13.2 Å². The van der Waals surface area contributed by atoms with Crippen molar-refractivity contribution in [2.45, 2.75) is 52.1 Å². The lowest BCUT2D eigenvalue weighted by Crippen LogP contribution is -2.15. The first-order chi connectivity index (χ1) is 17.6. The number of carbonyl (C=O) groups is 2. The Bertz CT molecular complexity index is 1200. The van der Waals surface area contributed by atoms with Crippen molar-refractivity contribution in [3.8, 4) is 23.0 Å². The number of hydrogen-bond donors (Lipinski definition) is 1. The van der Waals surface area contributed by atoms with Gasteiger partial charge in [-0.2, -0.15) is 13.2 Å². The van der Waals surface area contributed by atoms with Gasteiger partial charge in [-0.15, -0.1) is 0 Å². The predicted molar refractivity (Wildman–Crippen MR) is 132 cm³/mol. The Morgan fingerprint density at radius 3 is 2.38 bits per heavy atom. The molecule has 0 fully saturated rings. The fraction of sp³-hybridized carbons (Fsp3) is 0.370. The summed E-state index contributed by atoms with van der Waals surface area (Å²) in [5.41, 5.74) is 5.86. The number of primary amides is 1. The summed E-state index contributed by atoms with van der Waals surface area (Å²) in [6.45, 7) is 4.28. The highest BCUT2D eigenvalue weighted by atomic mass is 19.4. The minimum Gasteiger partial charge on any atom is -0.439 e. The number of aldehydes is 1. The summed E-state index contributed by atoms with van der Waals surface area (Å²) in [7, 11) is 0. The molecular formula is C27H29F3N4O3. The number of halogens is 3. The molecule has 3 aromatic rings. The van der Waals surface area contributed by atoms with Crippen LogP contribution in [0.3, 0.4) is 0 Å². The van der Waals surface area contributed by atoms with E-state index >= 15 is 0 Å². The van der Waals surface area contributed by atoms with Gasteiger partial charge in [-0.3, -0.25) is 4.79 Å². The van der Waals surface area contributed by atoms with Crippen molar-refractivity contribution < 1.29 is 27.5 Å². The molecule has 2 heterocycles. The van der Waals surface area contributed by atoms with Crippen LogP contribution in [0.25, 0.3) is 11.4 Å². The molecule has 2 aromatic heterocycles. The van der Waals surface area contributed by atoms with Gasteiger partial charge in [0.15, 0.2) is 5.82 Å². The highest BCUT2D eigenvalue weighted by molar-refractivity contribution is 5.91. The molecule has 2 atom stereocenters. The van der Waals surface area contributed by atoms with E-state index in [-0.39, 0.29) is 23.3 Å². The minimum atomic E-state index is -4.48. The van der Waals surface area contributed by atoms with Crippen LogP contribution in [0.5, 0.6) is 11.6 Å². The van der Waals surface area contributed by atoms with Gasteiger partial charge in [0.1, 0.15) is 17.7 Å². The van der Waals surface area contributed by atoms with E-state index in [9.17, 15) is 22.8 Å². The van der Waals surface area contributed by atoms with Crippen molar-refractivity contribution in [3.05, 3.63) is 65.6 Å². The molecular weight excluding hydrogens is 485 g/mol. The molecule has 0 aliphatic rings. The van der Waals surface area contributed by atoms with E-state index < -0.39 is 17.6 Å². The summed E-state index contributed by atoms with van der Waals surface area (Å²) < 4.78 is 43.6. The minimum absolute atomic E-state index is 0.00748. The number of carbonyl (C=O) groups excluding carboxylic acids is 2. The quantitative estimate of drug-likeness (QED) is 0.296. The van der Waals surface area contributed by atoms with Crippen LogP contribution in [0.1, 0.15) is 61.3 Å². The number of hydrogen-bond acceptors (Lipinski definition) is 6. The second-order valence-electron chi connectivity index (χ2n) is 8.97. The van der Waals surface area contributed by atoms with Gasteiger partial charge in [0.05, 0.1) is 5.56 Å². The molecule has 0 radical (unpaired) electrons. The molecule has 0 bridgehead atoms. The highest BCUT2D eigenvalue weighted by Crippen LogP contribution is 2.30. The second kappa shape index (κ2) is 12.4. The van der Waals surface area contributed by atoms with Crippen molar-refractivity contribution in [2.75, 3.05) is 0 Å². The predicted octanol–water partition coefficient (Wildman–Crippen LogP) is 6.02. The number of ether oxygens (including phenoxy) is 1. The average Bonchev–Trinajstić information content (AvgIpc) is 2.88. The Labute approximate surface area is 213 Å². The molecule has 0 saturated heterocycles. The number of rotatable bonds is 12. The van der Waals surface area contributed by atoms with Gasteiger partial charge in [-0.05, 0) is 61.6 Å². The number of pyridine rings is 1. The van der Waals surface area contributed by atoms with Crippen LogP contribution in [0.2, 0.25) is 0 Å². The fourth-order valence-corrected chi connectivity index (χ4v) is 3.60. The molecule has 0 aliphatic carbocycles. The van der Waals surface area contributed by atoms with E-state index in [1.54, 1.807) is 24.3 Å². The van der Waals surface area contributed by atoms with Crippen LogP contribution in [0.15, 0.2) is 48.7 Å². The third-order valence-corrected chi connectivity index (χ3v) is 6.12. The van der Waals surface area contributed by atoms with Crippen molar-refractivity contribution in [2.24, 2.45) is 17.6 Å². The van der Waals surface area contributed by atoms with Gasteiger partial charge in [-0.25, -0.2) is 15.0 Å². The zero-order valence-electron chi connectivity index (χ0n) is 20.7. The van der Waals surface area contributed by atoms with Gasteiger partial charge in [0, 0.05) is 29.4 Å². The normalized spacial score (nSPS) is 13.1. The Hall–Kier alpha value is -3.82. The Balaban J connectivity index is 1.73. The smallest absolute Gasteiger partial charge is 0.417 e.